The molecule has 0 aliphatic rings. The summed E-state index contributed by atoms with van der Waals surface area (Å²) in [6, 6.07) is 13.5. The van der Waals surface area contributed by atoms with E-state index >= 15 is 0 Å². The summed E-state index contributed by atoms with van der Waals surface area (Å²) in [7, 11) is -14.4. The maximum Gasteiger partial charge on any atom is 1.00 e. The fourth-order valence-corrected chi connectivity index (χ4v) is 6.38. The molecular weight excluding hydrogens is 711 g/mol. The van der Waals surface area contributed by atoms with Crippen LogP contribution in [0.1, 0.15) is 16.8 Å². The van der Waals surface area contributed by atoms with Crippen molar-refractivity contribution in [2.45, 2.75) is 21.1 Å². The van der Waals surface area contributed by atoms with Gasteiger partial charge in [0.05, 0.1) is 32.9 Å². The van der Waals surface area contributed by atoms with Crippen LogP contribution in [0.5, 0.6) is 5.75 Å². The third kappa shape index (κ3) is 10.9. The minimum Gasteiger partial charge on any atom is -0.870 e. The molecule has 47 heavy (non-hydrogen) atoms. The molecule has 0 saturated heterocycles. The van der Waals surface area contributed by atoms with Gasteiger partial charge in [-0.15, -0.1) is 5.11 Å². The van der Waals surface area contributed by atoms with Crippen molar-refractivity contribution in [3.8, 4) is 5.75 Å². The molecule has 0 spiro atoms. The second-order valence-electron chi connectivity index (χ2n) is 9.02. The Hall–Kier alpha value is -1.75. The Morgan fingerprint density at radius 3 is 1.94 bits per heavy atom. The first kappa shape index (κ1) is 43.3. The van der Waals surface area contributed by atoms with Crippen LogP contribution in [-0.4, -0.2) is 52.0 Å². The summed E-state index contributed by atoms with van der Waals surface area (Å²) >= 11 is 0. The number of amides is 1. The number of aromatic carboxylic acids is 1. The van der Waals surface area contributed by atoms with E-state index in [1.165, 1.54) is 24.3 Å². The number of rotatable bonds is 10. The molecule has 4 aromatic rings. The molecule has 0 fully saturated rings. The molecule has 4 rings (SSSR count). The Kier molecular flexibility index (Phi) is 15.9. The van der Waals surface area contributed by atoms with E-state index in [9.17, 15) is 54.2 Å². The number of benzene rings is 4. The van der Waals surface area contributed by atoms with Crippen LogP contribution in [0.25, 0.3) is 10.8 Å². The third-order valence-electron chi connectivity index (χ3n) is 6.01. The van der Waals surface area contributed by atoms with Crippen LogP contribution in [-0.2, 0) is 34.9 Å². The summed E-state index contributed by atoms with van der Waals surface area (Å²) in [6.07, 6.45) is -0.668. The number of hydrogen-bond donors (Lipinski definition) is 2. The summed E-state index contributed by atoms with van der Waals surface area (Å²) in [6.45, 7) is 0. The van der Waals surface area contributed by atoms with E-state index in [4.69, 9.17) is 0 Å². The van der Waals surface area contributed by atoms with E-state index in [0.29, 0.717) is 18.2 Å². The van der Waals surface area contributed by atoms with Crippen molar-refractivity contribution in [2.24, 2.45) is 10.2 Å². The van der Waals surface area contributed by atoms with Crippen molar-refractivity contribution < 1.29 is 143 Å². The van der Waals surface area contributed by atoms with Crippen LogP contribution in [0.3, 0.4) is 0 Å². The predicted molar refractivity (Wildman–Crippen MR) is 148 cm³/mol. The monoisotopic (exact) mass is 729 g/mol. The average molecular weight is 730 g/mol. The van der Waals surface area contributed by atoms with Crippen LogP contribution >= 0.6 is 0 Å². The van der Waals surface area contributed by atoms with Crippen LogP contribution < -0.4 is 104 Å². The van der Waals surface area contributed by atoms with Gasteiger partial charge in [0.1, 0.15) is 15.0 Å². The molecule has 0 aliphatic carbocycles. The first-order valence-electron chi connectivity index (χ1n) is 12.0. The predicted octanol–water partition coefficient (Wildman–Crippen LogP) is -7.34. The molecule has 0 unspecified atom stereocenters. The van der Waals surface area contributed by atoms with Crippen molar-refractivity contribution in [3.63, 3.8) is 0 Å². The number of hydrogen-bond acceptors (Lipinski definition) is 13. The summed E-state index contributed by atoms with van der Waals surface area (Å²) in [5.74, 6) is -4.48. The van der Waals surface area contributed by atoms with Gasteiger partial charge in [0.15, 0.2) is 9.84 Å². The molecule has 0 bridgehead atoms. The second kappa shape index (κ2) is 17.3. The number of carbonyl (C=O) groups excluding carboxylic acids is 2. The number of carbonyl (C=O) groups is 2. The zero-order valence-corrected chi connectivity index (χ0v) is 33.3. The number of carboxylic acid groups (broad SMARTS) is 1. The molecule has 0 atom stereocenters. The molecule has 230 valence electrons. The molecule has 0 radical (unpaired) electrons. The minimum atomic E-state index is -5.25. The van der Waals surface area contributed by atoms with Gasteiger partial charge in [-0.1, -0.05) is 36.1 Å². The van der Waals surface area contributed by atoms with E-state index in [1.807, 2.05) is 0 Å². The zero-order chi connectivity index (χ0) is 32.4. The van der Waals surface area contributed by atoms with Gasteiger partial charge in [0, 0.05) is 12.1 Å². The topological polar surface area (TPSA) is 263 Å². The van der Waals surface area contributed by atoms with Gasteiger partial charge in [-0.3, -0.25) is 9.35 Å². The Morgan fingerprint density at radius 2 is 1.40 bits per heavy atom. The largest absolute Gasteiger partial charge is 1.00 e. The van der Waals surface area contributed by atoms with Crippen molar-refractivity contribution in [1.82, 2.24) is 0 Å². The van der Waals surface area contributed by atoms with Crippen LogP contribution in [0.4, 0.5) is 17.1 Å². The maximum absolute atomic E-state index is 13.5. The average Bonchev–Trinajstić information content (AvgIpc) is 2.95. The molecule has 0 heterocycles. The van der Waals surface area contributed by atoms with Gasteiger partial charge < -0.3 is 24.9 Å². The Labute approximate surface area is 335 Å². The molecule has 1 amide bonds. The summed E-state index contributed by atoms with van der Waals surface area (Å²) < 4.78 is 94.7. The van der Waals surface area contributed by atoms with Gasteiger partial charge in [0.25, 0.3) is 10.1 Å². The normalized spacial score (nSPS) is 11.6. The Bertz CT molecular complexity index is 2170. The van der Waals surface area contributed by atoms with Crippen molar-refractivity contribution >= 4 is 69.8 Å². The number of azo groups is 1. The van der Waals surface area contributed by atoms with E-state index in [0.717, 1.165) is 24.3 Å². The summed E-state index contributed by atoms with van der Waals surface area (Å²) in [5.41, 5.74) is -1.86. The molecule has 15 nitrogen and oxygen atoms in total. The summed E-state index contributed by atoms with van der Waals surface area (Å²) in [5, 5.41) is 32.9. The number of carboxylic acids is 1. The van der Waals surface area contributed by atoms with Crippen molar-refractivity contribution in [3.05, 3.63) is 78.4 Å². The van der Waals surface area contributed by atoms with E-state index in [1.54, 1.807) is 6.07 Å². The molecule has 0 aliphatic heterocycles. The first-order chi connectivity index (χ1) is 20.5. The van der Waals surface area contributed by atoms with Crippen LogP contribution in [0, 0.1) is 0 Å². The van der Waals surface area contributed by atoms with Crippen LogP contribution in [0.2, 0.25) is 0 Å². The number of fused-ring (bicyclic) bond motifs is 1. The molecular formula is C26H18N3Na3O12S3. The number of nitrogens with zero attached hydrogens (tertiary/aromatic N) is 2. The summed E-state index contributed by atoms with van der Waals surface area (Å²) in [4.78, 5) is 21.5. The quantitative estimate of drug-likeness (QED) is 0.0877. The minimum absolute atomic E-state index is 0. The van der Waals surface area contributed by atoms with Crippen LogP contribution in [0.15, 0.2) is 97.7 Å². The van der Waals surface area contributed by atoms with Gasteiger partial charge >= 0.3 is 88.7 Å². The Morgan fingerprint density at radius 1 is 0.809 bits per heavy atom. The fraction of sp³-hybridized carbons (Fsp3) is 0.0769. The number of anilines is 1. The standard InChI is InChI=1S/C26H21N3O12S3.3Na/c30-22(10-11-42(34,35)18-4-2-1-3-5-18)27-20-14-19(43(36,37)38)12-16-13-21(44(39,40)41)24(25(31)23(16)20)29-28-17-8-6-15(7-9-17)26(32)33;;;/h1-9,12-14,31H,10-11H2,(H,27,30)(H,32,33)(H,36,37,38)(H,39,40,41);;;/q;3*+1/p-3. The number of nitrogens with one attached hydrogen (secondary N) is 1. The van der Waals surface area contributed by atoms with Crippen molar-refractivity contribution in [2.75, 3.05) is 11.1 Å². The molecule has 0 aromatic heterocycles. The van der Waals surface area contributed by atoms with E-state index in [2.05, 4.69) is 15.5 Å². The smallest absolute Gasteiger partial charge is 0.870 e. The second-order valence-corrected chi connectivity index (χ2v) is 13.9. The van der Waals surface area contributed by atoms with Gasteiger partial charge in [-0.05, 0) is 58.8 Å². The molecule has 2 N–H and O–H groups in total. The SMILES string of the molecule is O=C(CCS(=O)(=O)c1ccccc1)Nc1cc(S(=O)(=O)[O-])cc2cc(S(=O)(=O)O)c(N=Nc3ccc(C(=O)[O-])cc3)c([O-])c12.[Na+].[Na+].[Na+]. The van der Waals surface area contributed by atoms with Gasteiger partial charge in [-0.2, -0.15) is 13.5 Å². The molecule has 21 heteroatoms. The van der Waals surface area contributed by atoms with Gasteiger partial charge in [0.2, 0.25) is 5.91 Å². The number of sulfone groups is 1. The Balaban J connectivity index is 0.00000368. The zero-order valence-electron chi connectivity index (χ0n) is 24.9. The van der Waals surface area contributed by atoms with Crippen molar-refractivity contribution in [1.29, 1.82) is 0 Å². The van der Waals surface area contributed by atoms with E-state index < -0.39 is 91.8 Å². The first-order valence-corrected chi connectivity index (χ1v) is 16.5. The maximum atomic E-state index is 13.5. The third-order valence-corrected chi connectivity index (χ3v) is 9.43. The molecule has 4 aromatic carbocycles. The molecule has 0 saturated carbocycles. The van der Waals surface area contributed by atoms with Gasteiger partial charge in [-0.25, -0.2) is 16.8 Å². The van der Waals surface area contributed by atoms with E-state index in [-0.39, 0.29) is 105 Å². The fourth-order valence-electron chi connectivity index (χ4n) is 3.94.